The van der Waals surface area contributed by atoms with Gasteiger partial charge in [-0.1, -0.05) is 11.6 Å². The molecule has 90 valence electrons. The van der Waals surface area contributed by atoms with Gasteiger partial charge >= 0.3 is 0 Å². The van der Waals surface area contributed by atoms with Crippen LogP contribution in [0.25, 0.3) is 0 Å². The lowest BCUT2D eigenvalue weighted by atomic mass is 10.3. The van der Waals surface area contributed by atoms with E-state index in [2.05, 4.69) is 21.2 Å². The van der Waals surface area contributed by atoms with Crippen LogP contribution in [0.3, 0.4) is 0 Å². The molecule has 0 spiro atoms. The van der Waals surface area contributed by atoms with E-state index in [1.54, 1.807) is 0 Å². The van der Waals surface area contributed by atoms with Crippen molar-refractivity contribution in [1.82, 2.24) is 5.32 Å². The Labute approximate surface area is 108 Å². The van der Waals surface area contributed by atoms with Gasteiger partial charge in [0, 0.05) is 6.07 Å². The average Bonchev–Trinajstić information content (AvgIpc) is 2.25. The molecule has 0 atom stereocenters. The van der Waals surface area contributed by atoms with Crippen LogP contribution in [0, 0.1) is 5.82 Å². The molecule has 0 heterocycles. The molecule has 0 bridgehead atoms. The topological polar surface area (TPSA) is 21.3 Å². The molecular formula is C11H14BrClFNO. The van der Waals surface area contributed by atoms with Crippen LogP contribution in [0.15, 0.2) is 16.6 Å². The number of ether oxygens (including phenoxy) is 1. The van der Waals surface area contributed by atoms with Crippen molar-refractivity contribution in [3.63, 3.8) is 0 Å². The standard InChI is InChI=1S/C11H14BrClFNO/c1-15-4-2-3-5-16-11-7-10(14)9(13)6-8(11)12/h6-7,15H,2-5H2,1H3. The molecule has 5 heteroatoms. The van der Waals surface area contributed by atoms with E-state index in [-0.39, 0.29) is 5.02 Å². The zero-order valence-electron chi connectivity index (χ0n) is 9.03. The van der Waals surface area contributed by atoms with Gasteiger partial charge in [-0.25, -0.2) is 4.39 Å². The third kappa shape index (κ3) is 4.28. The molecule has 0 saturated heterocycles. The third-order valence-corrected chi connectivity index (χ3v) is 2.96. The van der Waals surface area contributed by atoms with Crippen molar-refractivity contribution in [2.75, 3.05) is 20.2 Å². The summed E-state index contributed by atoms with van der Waals surface area (Å²) in [5.74, 6) is 0.0291. The zero-order valence-corrected chi connectivity index (χ0v) is 11.4. The maximum Gasteiger partial charge on any atom is 0.145 e. The van der Waals surface area contributed by atoms with Crippen LogP contribution in [0.5, 0.6) is 5.75 Å². The van der Waals surface area contributed by atoms with Gasteiger partial charge in [-0.3, -0.25) is 0 Å². The maximum absolute atomic E-state index is 13.1. The molecule has 0 aliphatic heterocycles. The summed E-state index contributed by atoms with van der Waals surface area (Å²) < 4.78 is 19.3. The molecular weight excluding hydrogens is 296 g/mol. The first-order chi connectivity index (χ1) is 7.65. The summed E-state index contributed by atoms with van der Waals surface area (Å²) >= 11 is 8.90. The minimum absolute atomic E-state index is 0.0920. The van der Waals surface area contributed by atoms with Crippen molar-refractivity contribution < 1.29 is 9.13 Å². The van der Waals surface area contributed by atoms with Crippen LogP contribution in [0.2, 0.25) is 5.02 Å². The van der Waals surface area contributed by atoms with Gasteiger partial charge in [-0.2, -0.15) is 0 Å². The highest BCUT2D eigenvalue weighted by Gasteiger charge is 2.07. The molecule has 0 amide bonds. The van der Waals surface area contributed by atoms with E-state index in [0.717, 1.165) is 19.4 Å². The fourth-order valence-corrected chi connectivity index (χ4v) is 1.95. The van der Waals surface area contributed by atoms with E-state index < -0.39 is 5.82 Å². The summed E-state index contributed by atoms with van der Waals surface area (Å²) in [4.78, 5) is 0. The SMILES string of the molecule is CNCCCCOc1cc(F)c(Cl)cc1Br. The summed E-state index contributed by atoms with van der Waals surface area (Å²) in [7, 11) is 1.91. The number of halogens is 3. The van der Waals surface area contributed by atoms with Crippen molar-refractivity contribution in [2.45, 2.75) is 12.8 Å². The highest BCUT2D eigenvalue weighted by Crippen LogP contribution is 2.30. The van der Waals surface area contributed by atoms with Gasteiger partial charge in [0.1, 0.15) is 11.6 Å². The number of nitrogens with one attached hydrogen (secondary N) is 1. The molecule has 0 aromatic heterocycles. The smallest absolute Gasteiger partial charge is 0.145 e. The molecule has 1 N–H and O–H groups in total. The predicted octanol–water partition coefficient (Wildman–Crippen LogP) is 3.62. The van der Waals surface area contributed by atoms with Crippen molar-refractivity contribution in [1.29, 1.82) is 0 Å². The van der Waals surface area contributed by atoms with Crippen LogP contribution < -0.4 is 10.1 Å². The van der Waals surface area contributed by atoms with Gasteiger partial charge in [0.05, 0.1) is 16.1 Å². The van der Waals surface area contributed by atoms with Crippen molar-refractivity contribution >= 4 is 27.5 Å². The second kappa shape index (κ2) is 7.09. The summed E-state index contributed by atoms with van der Waals surface area (Å²) in [5, 5.41) is 3.14. The fraction of sp³-hybridized carbons (Fsp3) is 0.455. The second-order valence-electron chi connectivity index (χ2n) is 3.36. The number of unbranched alkanes of at least 4 members (excludes halogenated alkanes) is 1. The zero-order chi connectivity index (χ0) is 12.0. The molecule has 1 rings (SSSR count). The van der Waals surface area contributed by atoms with Crippen molar-refractivity contribution in [2.24, 2.45) is 0 Å². The first-order valence-electron chi connectivity index (χ1n) is 5.07. The van der Waals surface area contributed by atoms with E-state index in [0.29, 0.717) is 16.8 Å². The van der Waals surface area contributed by atoms with Crippen molar-refractivity contribution in [3.8, 4) is 5.75 Å². The normalized spacial score (nSPS) is 10.5. The first-order valence-corrected chi connectivity index (χ1v) is 6.24. The van der Waals surface area contributed by atoms with Crippen LogP contribution in [-0.4, -0.2) is 20.2 Å². The minimum atomic E-state index is -0.463. The third-order valence-electron chi connectivity index (χ3n) is 2.05. The largest absolute Gasteiger partial charge is 0.492 e. The molecule has 1 aromatic rings. The molecule has 16 heavy (non-hydrogen) atoms. The van der Waals surface area contributed by atoms with Gasteiger partial charge in [0.2, 0.25) is 0 Å². The molecule has 0 aliphatic rings. The van der Waals surface area contributed by atoms with Crippen LogP contribution >= 0.6 is 27.5 Å². The van der Waals surface area contributed by atoms with Gasteiger partial charge < -0.3 is 10.1 Å². The van der Waals surface area contributed by atoms with Crippen molar-refractivity contribution in [3.05, 3.63) is 27.4 Å². The highest BCUT2D eigenvalue weighted by atomic mass is 79.9. The van der Waals surface area contributed by atoms with Crippen LogP contribution in [0.4, 0.5) is 4.39 Å². The quantitative estimate of drug-likeness (QED) is 0.640. The summed E-state index contributed by atoms with van der Waals surface area (Å²) in [6.07, 6.45) is 1.96. The number of hydrogen-bond acceptors (Lipinski definition) is 2. The van der Waals surface area contributed by atoms with E-state index in [9.17, 15) is 4.39 Å². The van der Waals surface area contributed by atoms with E-state index in [1.807, 2.05) is 7.05 Å². The highest BCUT2D eigenvalue weighted by molar-refractivity contribution is 9.10. The maximum atomic E-state index is 13.1. The minimum Gasteiger partial charge on any atom is -0.492 e. The Morgan fingerprint density at radius 1 is 1.44 bits per heavy atom. The lowest BCUT2D eigenvalue weighted by molar-refractivity contribution is 0.303. The second-order valence-corrected chi connectivity index (χ2v) is 4.62. The Morgan fingerprint density at radius 2 is 2.19 bits per heavy atom. The van der Waals surface area contributed by atoms with E-state index in [1.165, 1.54) is 12.1 Å². The number of benzene rings is 1. The molecule has 0 radical (unpaired) electrons. The Morgan fingerprint density at radius 3 is 2.88 bits per heavy atom. The van der Waals surface area contributed by atoms with Gasteiger partial charge in [0.15, 0.2) is 0 Å². The lowest BCUT2D eigenvalue weighted by Gasteiger charge is -2.08. The molecule has 0 saturated carbocycles. The summed E-state index contributed by atoms with van der Waals surface area (Å²) in [6, 6.07) is 2.80. The summed E-state index contributed by atoms with van der Waals surface area (Å²) in [5.41, 5.74) is 0. The van der Waals surface area contributed by atoms with E-state index >= 15 is 0 Å². The molecule has 0 fully saturated rings. The Hall–Kier alpha value is -0.320. The monoisotopic (exact) mass is 309 g/mol. The first kappa shape index (κ1) is 13.7. The van der Waals surface area contributed by atoms with Crippen LogP contribution in [-0.2, 0) is 0 Å². The molecule has 0 unspecified atom stereocenters. The van der Waals surface area contributed by atoms with Gasteiger partial charge in [-0.15, -0.1) is 0 Å². The lowest BCUT2D eigenvalue weighted by Crippen LogP contribution is -2.09. The van der Waals surface area contributed by atoms with E-state index in [4.69, 9.17) is 16.3 Å². The molecule has 0 aliphatic carbocycles. The fourth-order valence-electron chi connectivity index (χ4n) is 1.20. The average molecular weight is 311 g/mol. The Kier molecular flexibility index (Phi) is 6.09. The number of rotatable bonds is 6. The Bertz CT molecular complexity index is 349. The Balaban J connectivity index is 2.45. The van der Waals surface area contributed by atoms with Gasteiger partial charge in [0.25, 0.3) is 0 Å². The van der Waals surface area contributed by atoms with Crippen LogP contribution in [0.1, 0.15) is 12.8 Å². The summed E-state index contributed by atoms with van der Waals surface area (Å²) in [6.45, 7) is 1.53. The molecule has 1 aromatic carbocycles. The predicted molar refractivity (Wildman–Crippen MR) is 67.8 cm³/mol. The van der Waals surface area contributed by atoms with Gasteiger partial charge in [-0.05, 0) is 48.4 Å². The molecule has 2 nitrogen and oxygen atoms in total. The number of hydrogen-bond donors (Lipinski definition) is 1.